The van der Waals surface area contributed by atoms with Crippen LogP contribution >= 0.6 is 0 Å². The highest BCUT2D eigenvalue weighted by molar-refractivity contribution is 5.75. The third-order valence-electron chi connectivity index (χ3n) is 4.43. The topological polar surface area (TPSA) is 47.1 Å². The zero-order chi connectivity index (χ0) is 14.7. The van der Waals surface area contributed by atoms with Crippen LogP contribution in [0.15, 0.2) is 24.3 Å². The molecule has 4 nitrogen and oxygen atoms in total. The molecule has 0 aliphatic carbocycles. The van der Waals surface area contributed by atoms with Crippen molar-refractivity contribution in [3.63, 3.8) is 0 Å². The van der Waals surface area contributed by atoms with E-state index in [9.17, 15) is 0 Å². The molecule has 2 N–H and O–H groups in total. The lowest BCUT2D eigenvalue weighted by Gasteiger charge is -2.30. The summed E-state index contributed by atoms with van der Waals surface area (Å²) >= 11 is 0. The van der Waals surface area contributed by atoms with Gasteiger partial charge in [0.25, 0.3) is 0 Å². The van der Waals surface area contributed by atoms with Crippen LogP contribution in [0.3, 0.4) is 0 Å². The molecule has 2 heterocycles. The molecule has 0 radical (unpaired) electrons. The first kappa shape index (κ1) is 14.5. The first-order chi connectivity index (χ1) is 10.3. The quantitative estimate of drug-likeness (QED) is 0.919. The number of fused-ring (bicyclic) bond motifs is 1. The van der Waals surface area contributed by atoms with Crippen molar-refractivity contribution in [3.05, 3.63) is 30.1 Å². The number of hydrogen-bond donors (Lipinski definition) is 1. The Morgan fingerprint density at radius 1 is 1.33 bits per heavy atom. The summed E-state index contributed by atoms with van der Waals surface area (Å²) in [5.74, 6) is 2.00. The lowest BCUT2D eigenvalue weighted by Crippen LogP contribution is -2.34. The predicted octanol–water partition coefficient (Wildman–Crippen LogP) is 2.62. The number of benzene rings is 1. The van der Waals surface area contributed by atoms with Crippen molar-refractivity contribution >= 4 is 11.0 Å². The molecule has 3 rings (SSSR count). The normalized spacial score (nSPS) is 20.2. The van der Waals surface area contributed by atoms with Gasteiger partial charge in [-0.2, -0.15) is 0 Å². The maximum atomic E-state index is 5.70. The maximum Gasteiger partial charge on any atom is 0.124 e. The first-order valence-electron chi connectivity index (χ1n) is 8.14. The first-order valence-corrected chi connectivity index (χ1v) is 8.14. The van der Waals surface area contributed by atoms with Crippen molar-refractivity contribution in [1.82, 2.24) is 14.5 Å². The van der Waals surface area contributed by atoms with Crippen LogP contribution in [0, 0.1) is 5.92 Å². The van der Waals surface area contributed by atoms with E-state index in [0.29, 0.717) is 0 Å². The minimum atomic E-state index is 0.729. The molecule has 1 unspecified atom stereocenters. The predicted molar refractivity (Wildman–Crippen MR) is 87.1 cm³/mol. The number of para-hydroxylation sites is 2. The van der Waals surface area contributed by atoms with Gasteiger partial charge in [0.2, 0.25) is 0 Å². The van der Waals surface area contributed by atoms with Crippen molar-refractivity contribution in [2.75, 3.05) is 19.6 Å². The second kappa shape index (κ2) is 6.58. The summed E-state index contributed by atoms with van der Waals surface area (Å²) in [6.45, 7) is 7.40. The van der Waals surface area contributed by atoms with Gasteiger partial charge in [-0.25, -0.2) is 4.98 Å². The average molecular weight is 286 g/mol. The smallest absolute Gasteiger partial charge is 0.124 e. The van der Waals surface area contributed by atoms with Crippen LogP contribution in [-0.2, 0) is 13.1 Å². The number of imidazole rings is 1. The van der Waals surface area contributed by atoms with E-state index in [2.05, 4.69) is 40.7 Å². The van der Waals surface area contributed by atoms with Crippen LogP contribution in [0.5, 0.6) is 0 Å². The Labute approximate surface area is 126 Å². The van der Waals surface area contributed by atoms with Gasteiger partial charge in [0, 0.05) is 13.1 Å². The molecule has 1 aliphatic heterocycles. The van der Waals surface area contributed by atoms with E-state index >= 15 is 0 Å². The molecule has 2 aromatic rings. The highest BCUT2D eigenvalue weighted by Gasteiger charge is 2.19. The number of rotatable bonds is 5. The molecule has 1 saturated heterocycles. The third kappa shape index (κ3) is 3.27. The van der Waals surface area contributed by atoms with Crippen molar-refractivity contribution in [2.24, 2.45) is 11.7 Å². The zero-order valence-corrected chi connectivity index (χ0v) is 13.0. The van der Waals surface area contributed by atoms with Gasteiger partial charge in [0.1, 0.15) is 5.82 Å². The molecule has 0 spiro atoms. The third-order valence-corrected chi connectivity index (χ3v) is 4.43. The molecule has 1 aromatic carbocycles. The summed E-state index contributed by atoms with van der Waals surface area (Å²) < 4.78 is 2.36. The fourth-order valence-corrected chi connectivity index (χ4v) is 3.38. The number of hydrogen-bond acceptors (Lipinski definition) is 3. The molecule has 1 fully saturated rings. The van der Waals surface area contributed by atoms with Crippen LogP contribution in [0.2, 0.25) is 0 Å². The molecule has 1 aromatic heterocycles. The summed E-state index contributed by atoms with van der Waals surface area (Å²) in [6.07, 6.45) is 3.67. The minimum absolute atomic E-state index is 0.729. The van der Waals surface area contributed by atoms with E-state index in [-0.39, 0.29) is 0 Å². The summed E-state index contributed by atoms with van der Waals surface area (Å²) in [7, 11) is 0. The highest BCUT2D eigenvalue weighted by Crippen LogP contribution is 2.21. The number of piperidine rings is 1. The maximum absolute atomic E-state index is 5.70. The SMILES string of the molecule is CC1CCCN(Cc2nc3ccccc3n2CCCN)C1. The standard InChI is InChI=1S/C17H26N4/c1-14-6-4-10-20(12-14)13-17-19-15-7-2-3-8-16(15)21(17)11-5-9-18/h2-3,7-8,14H,4-6,9-13,18H2,1H3. The number of aryl methyl sites for hydroxylation is 1. The second-order valence-electron chi connectivity index (χ2n) is 6.29. The van der Waals surface area contributed by atoms with Crippen LogP contribution in [0.25, 0.3) is 11.0 Å². The Morgan fingerprint density at radius 2 is 2.19 bits per heavy atom. The molecule has 21 heavy (non-hydrogen) atoms. The minimum Gasteiger partial charge on any atom is -0.330 e. The van der Waals surface area contributed by atoms with Crippen molar-refractivity contribution in [1.29, 1.82) is 0 Å². The summed E-state index contributed by atoms with van der Waals surface area (Å²) in [6, 6.07) is 8.43. The van der Waals surface area contributed by atoms with Crippen LogP contribution in [0.4, 0.5) is 0 Å². The molecule has 4 heteroatoms. The largest absolute Gasteiger partial charge is 0.330 e. The molecule has 1 aliphatic rings. The molecule has 1 atom stereocenters. The van der Waals surface area contributed by atoms with E-state index in [0.717, 1.165) is 37.5 Å². The molecule has 114 valence electrons. The van der Waals surface area contributed by atoms with Gasteiger partial charge in [-0.05, 0) is 50.4 Å². The van der Waals surface area contributed by atoms with E-state index in [1.807, 2.05) is 0 Å². The monoisotopic (exact) mass is 286 g/mol. The molecule has 0 bridgehead atoms. The molecular formula is C17H26N4. The Kier molecular flexibility index (Phi) is 4.56. The summed E-state index contributed by atoms with van der Waals surface area (Å²) in [5.41, 5.74) is 8.05. The lowest BCUT2D eigenvalue weighted by molar-refractivity contribution is 0.171. The van der Waals surface area contributed by atoms with Crippen LogP contribution in [-0.4, -0.2) is 34.1 Å². The van der Waals surface area contributed by atoms with Gasteiger partial charge in [0.15, 0.2) is 0 Å². The molecule has 0 amide bonds. The van der Waals surface area contributed by atoms with E-state index in [1.165, 1.54) is 37.3 Å². The van der Waals surface area contributed by atoms with E-state index in [1.54, 1.807) is 0 Å². The molecule has 0 saturated carbocycles. The van der Waals surface area contributed by atoms with Crippen molar-refractivity contribution in [2.45, 2.75) is 39.3 Å². The van der Waals surface area contributed by atoms with Gasteiger partial charge < -0.3 is 10.3 Å². The van der Waals surface area contributed by atoms with Crippen LogP contribution < -0.4 is 5.73 Å². The molecular weight excluding hydrogens is 260 g/mol. The second-order valence-corrected chi connectivity index (χ2v) is 6.29. The van der Waals surface area contributed by atoms with Crippen molar-refractivity contribution in [3.8, 4) is 0 Å². The highest BCUT2D eigenvalue weighted by atomic mass is 15.2. The van der Waals surface area contributed by atoms with Crippen LogP contribution in [0.1, 0.15) is 32.0 Å². The fraction of sp³-hybridized carbons (Fsp3) is 0.588. The fourth-order valence-electron chi connectivity index (χ4n) is 3.38. The number of likely N-dealkylation sites (tertiary alicyclic amines) is 1. The van der Waals surface area contributed by atoms with Gasteiger partial charge in [-0.1, -0.05) is 19.1 Å². The Bertz CT molecular complexity index is 589. The average Bonchev–Trinajstić information content (AvgIpc) is 2.82. The van der Waals surface area contributed by atoms with E-state index in [4.69, 9.17) is 10.7 Å². The Morgan fingerprint density at radius 3 is 3.00 bits per heavy atom. The number of nitrogens with two attached hydrogens (primary N) is 1. The zero-order valence-electron chi connectivity index (χ0n) is 13.0. The lowest BCUT2D eigenvalue weighted by atomic mass is 10.0. The van der Waals surface area contributed by atoms with Crippen molar-refractivity contribution < 1.29 is 0 Å². The summed E-state index contributed by atoms with van der Waals surface area (Å²) in [4.78, 5) is 7.42. The van der Waals surface area contributed by atoms with Gasteiger partial charge >= 0.3 is 0 Å². The number of aromatic nitrogens is 2. The van der Waals surface area contributed by atoms with Gasteiger partial charge in [-0.3, -0.25) is 4.90 Å². The van der Waals surface area contributed by atoms with Gasteiger partial charge in [-0.15, -0.1) is 0 Å². The van der Waals surface area contributed by atoms with E-state index < -0.39 is 0 Å². The Hall–Kier alpha value is -1.39. The van der Waals surface area contributed by atoms with Gasteiger partial charge in [0.05, 0.1) is 17.6 Å². The summed E-state index contributed by atoms with van der Waals surface area (Å²) in [5, 5.41) is 0. The number of nitrogens with zero attached hydrogens (tertiary/aromatic N) is 3. The Balaban J connectivity index is 1.85.